The van der Waals surface area contributed by atoms with E-state index in [1.807, 2.05) is 38.1 Å². The number of allylic oxidation sites excluding steroid dienone is 3. The Morgan fingerprint density at radius 2 is 2.00 bits per heavy atom. The van der Waals surface area contributed by atoms with Crippen LogP contribution in [0.5, 0.6) is 5.75 Å². The van der Waals surface area contributed by atoms with Crippen LogP contribution in [-0.2, 0) is 0 Å². The number of carbonyl (C=O) groups excluding carboxylic acids is 1. The number of aryl methyl sites for hydroxylation is 1. The van der Waals surface area contributed by atoms with E-state index in [-0.39, 0.29) is 23.1 Å². The zero-order chi connectivity index (χ0) is 22.7. The number of ether oxygens (including phenoxy) is 1. The van der Waals surface area contributed by atoms with Gasteiger partial charge < -0.3 is 20.1 Å². The van der Waals surface area contributed by atoms with Crippen LogP contribution in [0.3, 0.4) is 0 Å². The van der Waals surface area contributed by atoms with Crippen molar-refractivity contribution < 1.29 is 23.8 Å². The minimum atomic E-state index is -1.20. The van der Waals surface area contributed by atoms with E-state index in [4.69, 9.17) is 9.84 Å². The number of amides is 1. The summed E-state index contributed by atoms with van der Waals surface area (Å²) in [7, 11) is 3.19. The summed E-state index contributed by atoms with van der Waals surface area (Å²) >= 11 is 0. The van der Waals surface area contributed by atoms with Crippen molar-refractivity contribution in [2.45, 2.75) is 20.3 Å². The Kier molecular flexibility index (Phi) is 6.44. The SMILES string of the molecule is COc1cccc(C)c1C(=O)NC1=C(N(C)c2ccc(C(=O)O)cc2F)C=CCC1C. The van der Waals surface area contributed by atoms with Gasteiger partial charge in [0.1, 0.15) is 11.6 Å². The minimum Gasteiger partial charge on any atom is -0.496 e. The van der Waals surface area contributed by atoms with E-state index in [1.54, 1.807) is 18.0 Å². The number of hydrogen-bond donors (Lipinski definition) is 2. The molecule has 1 amide bonds. The molecule has 1 aliphatic rings. The number of carbonyl (C=O) groups is 2. The third kappa shape index (κ3) is 4.45. The minimum absolute atomic E-state index is 0.0113. The first-order valence-electron chi connectivity index (χ1n) is 9.86. The first-order chi connectivity index (χ1) is 14.7. The van der Waals surface area contributed by atoms with Crippen LogP contribution in [0, 0.1) is 18.7 Å². The number of anilines is 1. The van der Waals surface area contributed by atoms with Crippen molar-refractivity contribution in [2.75, 3.05) is 19.1 Å². The normalized spacial score (nSPS) is 15.6. The van der Waals surface area contributed by atoms with Gasteiger partial charge >= 0.3 is 5.97 Å². The van der Waals surface area contributed by atoms with Gasteiger partial charge in [0.05, 0.1) is 29.6 Å². The molecule has 2 aromatic rings. The summed E-state index contributed by atoms with van der Waals surface area (Å²) in [6.07, 6.45) is 4.51. The van der Waals surface area contributed by atoms with Crippen molar-refractivity contribution in [3.63, 3.8) is 0 Å². The molecule has 6 nitrogen and oxygen atoms in total. The summed E-state index contributed by atoms with van der Waals surface area (Å²) in [6, 6.07) is 9.14. The van der Waals surface area contributed by atoms with Gasteiger partial charge in [-0.2, -0.15) is 0 Å². The number of halogens is 1. The van der Waals surface area contributed by atoms with E-state index < -0.39 is 11.8 Å². The van der Waals surface area contributed by atoms with Crippen LogP contribution < -0.4 is 15.0 Å². The number of nitrogens with zero attached hydrogens (tertiary/aromatic N) is 1. The predicted molar refractivity (Wildman–Crippen MR) is 117 cm³/mol. The van der Waals surface area contributed by atoms with Crippen molar-refractivity contribution in [1.82, 2.24) is 5.32 Å². The molecule has 0 saturated heterocycles. The van der Waals surface area contributed by atoms with Crippen LogP contribution in [0.25, 0.3) is 0 Å². The van der Waals surface area contributed by atoms with Gasteiger partial charge in [0, 0.05) is 18.7 Å². The molecule has 162 valence electrons. The fraction of sp³-hybridized carbons (Fsp3) is 0.250. The Morgan fingerprint density at radius 3 is 2.65 bits per heavy atom. The number of carboxylic acid groups (broad SMARTS) is 1. The number of likely N-dealkylation sites (N-methyl/N-ethyl adjacent to an activating group) is 1. The fourth-order valence-corrected chi connectivity index (χ4v) is 3.65. The van der Waals surface area contributed by atoms with Gasteiger partial charge in [-0.25, -0.2) is 9.18 Å². The Balaban J connectivity index is 2.01. The van der Waals surface area contributed by atoms with Gasteiger partial charge in [-0.1, -0.05) is 25.1 Å². The molecular formula is C24H25FN2O4. The van der Waals surface area contributed by atoms with Crippen molar-refractivity contribution in [3.05, 3.63) is 82.5 Å². The lowest BCUT2D eigenvalue weighted by Crippen LogP contribution is -2.33. The number of rotatable bonds is 6. The lowest BCUT2D eigenvalue weighted by Gasteiger charge is -2.30. The highest BCUT2D eigenvalue weighted by atomic mass is 19.1. The molecule has 3 rings (SSSR count). The van der Waals surface area contributed by atoms with Crippen molar-refractivity contribution in [1.29, 1.82) is 0 Å². The molecule has 1 unspecified atom stereocenters. The molecule has 0 heterocycles. The Labute approximate surface area is 180 Å². The average Bonchev–Trinajstić information content (AvgIpc) is 2.74. The Hall–Kier alpha value is -3.61. The van der Waals surface area contributed by atoms with E-state index in [0.717, 1.165) is 18.1 Å². The molecule has 0 radical (unpaired) electrons. The lowest BCUT2D eigenvalue weighted by atomic mass is 9.95. The summed E-state index contributed by atoms with van der Waals surface area (Å²) in [5.74, 6) is -1.70. The zero-order valence-electron chi connectivity index (χ0n) is 17.9. The Bertz CT molecular complexity index is 1090. The molecule has 2 N–H and O–H groups in total. The summed E-state index contributed by atoms with van der Waals surface area (Å²) in [5.41, 5.74) is 2.58. The first-order valence-corrected chi connectivity index (χ1v) is 9.86. The van der Waals surface area contributed by atoms with Gasteiger partial charge in [-0.15, -0.1) is 0 Å². The maximum absolute atomic E-state index is 14.7. The van der Waals surface area contributed by atoms with E-state index in [9.17, 15) is 14.0 Å². The summed E-state index contributed by atoms with van der Waals surface area (Å²) in [5, 5.41) is 12.1. The Morgan fingerprint density at radius 1 is 1.26 bits per heavy atom. The van der Waals surface area contributed by atoms with Crippen LogP contribution in [-0.4, -0.2) is 31.1 Å². The van der Waals surface area contributed by atoms with Gasteiger partial charge in [0.25, 0.3) is 5.91 Å². The smallest absolute Gasteiger partial charge is 0.335 e. The highest BCUT2D eigenvalue weighted by molar-refractivity contribution is 5.99. The standard InChI is InChI=1S/C24H25FN2O4/c1-14-7-6-10-20(31-4)21(14)23(28)26-22-15(2)8-5-9-19(22)27(3)18-12-11-16(24(29)30)13-17(18)25/h5-7,9-13,15H,8H2,1-4H3,(H,26,28)(H,29,30). The fourth-order valence-electron chi connectivity index (χ4n) is 3.65. The predicted octanol–water partition coefficient (Wildman–Crippen LogP) is 4.51. The van der Waals surface area contributed by atoms with Crippen LogP contribution in [0.15, 0.2) is 59.9 Å². The van der Waals surface area contributed by atoms with Crippen molar-refractivity contribution in [3.8, 4) is 5.75 Å². The molecule has 7 heteroatoms. The van der Waals surface area contributed by atoms with Gasteiger partial charge in [0.15, 0.2) is 0 Å². The second-order valence-electron chi connectivity index (χ2n) is 7.47. The molecule has 0 bridgehead atoms. The van der Waals surface area contributed by atoms with E-state index in [1.165, 1.54) is 19.2 Å². The third-order valence-corrected chi connectivity index (χ3v) is 5.38. The molecule has 0 saturated carbocycles. The van der Waals surface area contributed by atoms with E-state index in [2.05, 4.69) is 5.32 Å². The highest BCUT2D eigenvalue weighted by Gasteiger charge is 2.25. The van der Waals surface area contributed by atoms with Gasteiger partial charge in [-0.3, -0.25) is 4.79 Å². The van der Waals surface area contributed by atoms with Crippen LogP contribution >= 0.6 is 0 Å². The molecule has 0 fully saturated rings. The van der Waals surface area contributed by atoms with Crippen molar-refractivity contribution in [2.24, 2.45) is 5.92 Å². The first kappa shape index (κ1) is 22.1. The maximum atomic E-state index is 14.7. The average molecular weight is 424 g/mol. The second-order valence-corrected chi connectivity index (χ2v) is 7.47. The van der Waals surface area contributed by atoms with Gasteiger partial charge in [0.2, 0.25) is 0 Å². The largest absolute Gasteiger partial charge is 0.496 e. The summed E-state index contributed by atoms with van der Waals surface area (Å²) < 4.78 is 20.0. The molecule has 0 aromatic heterocycles. The topological polar surface area (TPSA) is 78.9 Å². The molecule has 31 heavy (non-hydrogen) atoms. The monoisotopic (exact) mass is 424 g/mol. The zero-order valence-corrected chi connectivity index (χ0v) is 17.9. The number of nitrogens with one attached hydrogen (secondary N) is 1. The highest BCUT2D eigenvalue weighted by Crippen LogP contribution is 2.31. The van der Waals surface area contributed by atoms with Gasteiger partial charge in [-0.05, 0) is 49.2 Å². The lowest BCUT2D eigenvalue weighted by molar-refractivity contribution is 0.0696. The molecule has 0 aliphatic heterocycles. The number of benzene rings is 2. The van der Waals surface area contributed by atoms with E-state index in [0.29, 0.717) is 22.7 Å². The van der Waals surface area contributed by atoms with Crippen LogP contribution in [0.4, 0.5) is 10.1 Å². The number of aromatic carboxylic acids is 1. The summed E-state index contributed by atoms with van der Waals surface area (Å²) in [4.78, 5) is 25.9. The molecule has 1 aliphatic carbocycles. The number of carboxylic acids is 1. The second kappa shape index (κ2) is 9.04. The quantitative estimate of drug-likeness (QED) is 0.713. The molecular weight excluding hydrogens is 399 g/mol. The maximum Gasteiger partial charge on any atom is 0.335 e. The number of methoxy groups -OCH3 is 1. The van der Waals surface area contributed by atoms with E-state index >= 15 is 0 Å². The molecule has 0 spiro atoms. The third-order valence-electron chi connectivity index (χ3n) is 5.38. The van der Waals surface area contributed by atoms with Crippen LogP contribution in [0.2, 0.25) is 0 Å². The molecule has 1 atom stereocenters. The number of hydrogen-bond acceptors (Lipinski definition) is 4. The molecule has 2 aromatic carbocycles. The van der Waals surface area contributed by atoms with Crippen LogP contribution in [0.1, 0.15) is 39.6 Å². The van der Waals surface area contributed by atoms with Crippen molar-refractivity contribution >= 4 is 17.6 Å². The summed E-state index contributed by atoms with van der Waals surface area (Å²) in [6.45, 7) is 3.81.